The first kappa shape index (κ1) is 10.4. The second kappa shape index (κ2) is 4.16. The lowest BCUT2D eigenvalue weighted by atomic mass is 10.2. The van der Waals surface area contributed by atoms with E-state index in [2.05, 4.69) is 11.9 Å². The van der Waals surface area contributed by atoms with Crippen LogP contribution in [0.3, 0.4) is 0 Å². The highest BCUT2D eigenvalue weighted by molar-refractivity contribution is 7.12. The van der Waals surface area contributed by atoms with Crippen molar-refractivity contribution >= 4 is 11.3 Å². The van der Waals surface area contributed by atoms with E-state index in [0.717, 1.165) is 22.9 Å². The summed E-state index contributed by atoms with van der Waals surface area (Å²) in [5.74, 6) is 0.833. The number of hydrogen-bond donors (Lipinski definition) is 1. The molecular formula is C11H14N2OS. The second-order valence-electron chi connectivity index (χ2n) is 3.67. The maximum absolute atomic E-state index is 5.75. The molecular weight excluding hydrogens is 208 g/mol. The van der Waals surface area contributed by atoms with Crippen molar-refractivity contribution in [3.63, 3.8) is 0 Å². The minimum absolute atomic E-state index is 0.153. The number of rotatable bonds is 3. The summed E-state index contributed by atoms with van der Waals surface area (Å²) in [5.41, 5.74) is 6.69. The van der Waals surface area contributed by atoms with Crippen molar-refractivity contribution in [3.8, 4) is 11.5 Å². The highest BCUT2D eigenvalue weighted by atomic mass is 32.1. The predicted molar refractivity (Wildman–Crippen MR) is 61.9 cm³/mol. The fraction of sp³-hybridized carbons (Fsp3) is 0.364. The van der Waals surface area contributed by atoms with Gasteiger partial charge in [-0.05, 0) is 26.0 Å². The van der Waals surface area contributed by atoms with E-state index >= 15 is 0 Å². The zero-order chi connectivity index (χ0) is 10.8. The molecule has 0 aliphatic carbocycles. The van der Waals surface area contributed by atoms with Crippen molar-refractivity contribution in [1.29, 1.82) is 0 Å². The summed E-state index contributed by atoms with van der Waals surface area (Å²) in [7, 11) is 0. The summed E-state index contributed by atoms with van der Waals surface area (Å²) in [5, 5.41) is 1.08. The maximum Gasteiger partial charge on any atom is 0.153 e. The van der Waals surface area contributed by atoms with Gasteiger partial charge in [-0.15, -0.1) is 11.3 Å². The van der Waals surface area contributed by atoms with E-state index in [1.54, 1.807) is 17.6 Å². The molecule has 0 spiro atoms. The topological polar surface area (TPSA) is 52.0 Å². The zero-order valence-electron chi connectivity index (χ0n) is 8.86. The van der Waals surface area contributed by atoms with Crippen molar-refractivity contribution in [2.45, 2.75) is 26.3 Å². The van der Waals surface area contributed by atoms with Gasteiger partial charge >= 0.3 is 0 Å². The Morgan fingerprint density at radius 2 is 2.40 bits per heavy atom. The predicted octanol–water partition coefficient (Wildman–Crippen LogP) is 2.60. The first-order chi connectivity index (χ1) is 7.16. The third-order valence-electron chi connectivity index (χ3n) is 2.09. The first-order valence-corrected chi connectivity index (χ1v) is 5.74. The molecule has 2 heterocycles. The molecule has 0 aliphatic heterocycles. The third kappa shape index (κ3) is 2.27. The van der Waals surface area contributed by atoms with Crippen LogP contribution in [-0.4, -0.2) is 11.0 Å². The standard InChI is InChI=1S/C11H14N2OS/c1-7(12)6-10-13-11(8(2)15-10)9-4-3-5-14-9/h3-5,7H,6,12H2,1-2H3. The van der Waals surface area contributed by atoms with E-state index in [0.29, 0.717) is 0 Å². The van der Waals surface area contributed by atoms with Crippen LogP contribution < -0.4 is 5.73 Å². The molecule has 15 heavy (non-hydrogen) atoms. The van der Waals surface area contributed by atoms with Crippen LogP contribution in [0.4, 0.5) is 0 Å². The fourth-order valence-electron chi connectivity index (χ4n) is 1.46. The molecule has 2 aromatic rings. The van der Waals surface area contributed by atoms with E-state index in [1.807, 2.05) is 19.1 Å². The molecule has 1 unspecified atom stereocenters. The number of nitrogens with two attached hydrogens (primary N) is 1. The molecule has 0 bridgehead atoms. The summed E-state index contributed by atoms with van der Waals surface area (Å²) >= 11 is 1.69. The monoisotopic (exact) mass is 222 g/mol. The van der Waals surface area contributed by atoms with E-state index in [4.69, 9.17) is 10.2 Å². The lowest BCUT2D eigenvalue weighted by Gasteiger charge is -1.98. The summed E-state index contributed by atoms with van der Waals surface area (Å²) in [6.45, 7) is 4.05. The average molecular weight is 222 g/mol. The molecule has 0 fully saturated rings. The number of thiazole rings is 1. The molecule has 2 N–H and O–H groups in total. The number of aryl methyl sites for hydroxylation is 1. The normalized spacial score (nSPS) is 13.0. The molecule has 0 aromatic carbocycles. The Bertz CT molecular complexity index is 431. The number of hydrogen-bond acceptors (Lipinski definition) is 4. The Kier molecular flexibility index (Phi) is 2.88. The van der Waals surface area contributed by atoms with Crippen LogP contribution in [0, 0.1) is 6.92 Å². The SMILES string of the molecule is Cc1sc(CC(C)N)nc1-c1ccco1. The molecule has 4 heteroatoms. The minimum atomic E-state index is 0.153. The molecule has 1 atom stereocenters. The molecule has 0 radical (unpaired) electrons. The molecule has 2 rings (SSSR count). The van der Waals surface area contributed by atoms with E-state index in [1.165, 1.54) is 4.88 Å². The van der Waals surface area contributed by atoms with Gasteiger partial charge in [-0.25, -0.2) is 4.98 Å². The van der Waals surface area contributed by atoms with Gasteiger partial charge in [-0.2, -0.15) is 0 Å². The van der Waals surface area contributed by atoms with Gasteiger partial charge in [0.1, 0.15) is 5.69 Å². The van der Waals surface area contributed by atoms with Crippen LogP contribution >= 0.6 is 11.3 Å². The fourth-order valence-corrected chi connectivity index (χ4v) is 2.54. The molecule has 0 saturated carbocycles. The van der Waals surface area contributed by atoms with Gasteiger partial charge in [-0.3, -0.25) is 0 Å². The average Bonchev–Trinajstić information content (AvgIpc) is 2.72. The van der Waals surface area contributed by atoms with Gasteiger partial charge in [0, 0.05) is 17.3 Å². The summed E-state index contributed by atoms with van der Waals surface area (Å²) in [6, 6.07) is 3.96. The molecule has 3 nitrogen and oxygen atoms in total. The Morgan fingerprint density at radius 1 is 1.60 bits per heavy atom. The number of aromatic nitrogens is 1. The van der Waals surface area contributed by atoms with Crippen molar-refractivity contribution in [2.75, 3.05) is 0 Å². The van der Waals surface area contributed by atoms with E-state index in [-0.39, 0.29) is 6.04 Å². The van der Waals surface area contributed by atoms with Crippen molar-refractivity contribution in [3.05, 3.63) is 28.3 Å². The van der Waals surface area contributed by atoms with Gasteiger partial charge in [0.15, 0.2) is 5.76 Å². The largest absolute Gasteiger partial charge is 0.463 e. The Morgan fingerprint density at radius 3 is 3.00 bits per heavy atom. The quantitative estimate of drug-likeness (QED) is 0.868. The van der Waals surface area contributed by atoms with Gasteiger partial charge in [0.05, 0.1) is 11.3 Å². The lowest BCUT2D eigenvalue weighted by molar-refractivity contribution is 0.579. The van der Waals surface area contributed by atoms with Crippen molar-refractivity contribution in [1.82, 2.24) is 4.98 Å². The summed E-state index contributed by atoms with van der Waals surface area (Å²) in [6.07, 6.45) is 2.49. The zero-order valence-corrected chi connectivity index (χ0v) is 9.67. The van der Waals surface area contributed by atoms with Crippen LogP contribution in [0.5, 0.6) is 0 Å². The highest BCUT2D eigenvalue weighted by Crippen LogP contribution is 2.28. The number of furan rings is 1. The third-order valence-corrected chi connectivity index (χ3v) is 3.09. The van der Waals surface area contributed by atoms with Gasteiger partial charge in [-0.1, -0.05) is 0 Å². The second-order valence-corrected chi connectivity index (χ2v) is 4.96. The van der Waals surface area contributed by atoms with Crippen LogP contribution in [-0.2, 0) is 6.42 Å². The first-order valence-electron chi connectivity index (χ1n) is 4.92. The maximum atomic E-state index is 5.75. The molecule has 0 aliphatic rings. The highest BCUT2D eigenvalue weighted by Gasteiger charge is 2.12. The van der Waals surface area contributed by atoms with E-state index in [9.17, 15) is 0 Å². The minimum Gasteiger partial charge on any atom is -0.463 e. The lowest BCUT2D eigenvalue weighted by Crippen LogP contribution is -2.17. The van der Waals surface area contributed by atoms with Crippen LogP contribution in [0.2, 0.25) is 0 Å². The Labute approximate surface area is 92.9 Å². The Hall–Kier alpha value is -1.13. The molecule has 80 valence electrons. The van der Waals surface area contributed by atoms with Gasteiger partial charge in [0.2, 0.25) is 0 Å². The molecule has 2 aromatic heterocycles. The van der Waals surface area contributed by atoms with Crippen LogP contribution in [0.1, 0.15) is 16.8 Å². The van der Waals surface area contributed by atoms with Crippen LogP contribution in [0.25, 0.3) is 11.5 Å². The Balaban J connectivity index is 2.30. The van der Waals surface area contributed by atoms with Gasteiger partial charge < -0.3 is 10.2 Å². The van der Waals surface area contributed by atoms with E-state index < -0.39 is 0 Å². The summed E-state index contributed by atoms with van der Waals surface area (Å²) < 4.78 is 5.33. The molecule has 0 saturated heterocycles. The van der Waals surface area contributed by atoms with Gasteiger partial charge in [0.25, 0.3) is 0 Å². The van der Waals surface area contributed by atoms with Crippen LogP contribution in [0.15, 0.2) is 22.8 Å². The number of nitrogens with zero attached hydrogens (tertiary/aromatic N) is 1. The van der Waals surface area contributed by atoms with Crippen molar-refractivity contribution < 1.29 is 4.42 Å². The summed E-state index contributed by atoms with van der Waals surface area (Å²) in [4.78, 5) is 5.72. The molecule has 0 amide bonds. The smallest absolute Gasteiger partial charge is 0.153 e. The van der Waals surface area contributed by atoms with Crippen molar-refractivity contribution in [2.24, 2.45) is 5.73 Å².